The Bertz CT molecular complexity index is 1290. The average Bonchev–Trinajstić information content (AvgIpc) is 3.34. The molecule has 30 heavy (non-hydrogen) atoms. The summed E-state index contributed by atoms with van der Waals surface area (Å²) < 4.78 is 1.74. The second-order valence-electron chi connectivity index (χ2n) is 7.17. The summed E-state index contributed by atoms with van der Waals surface area (Å²) in [6.07, 6.45) is 7.35. The van der Waals surface area contributed by atoms with Crippen molar-refractivity contribution in [3.05, 3.63) is 92.1 Å². The van der Waals surface area contributed by atoms with Gasteiger partial charge in [-0.3, -0.25) is 9.36 Å². The fourth-order valence-electron chi connectivity index (χ4n) is 3.81. The maximum atomic E-state index is 13.6. The molecule has 0 radical (unpaired) electrons. The van der Waals surface area contributed by atoms with E-state index in [1.54, 1.807) is 27.7 Å². The molecule has 2 aromatic heterocycles. The topological polar surface area (TPSA) is 34.9 Å². The number of halogens is 1. The fraction of sp³-hybridized carbons (Fsp3) is 0.167. The zero-order valence-corrected chi connectivity index (χ0v) is 18.6. The molecule has 4 aromatic rings. The van der Waals surface area contributed by atoms with Crippen molar-refractivity contribution >= 4 is 51.0 Å². The van der Waals surface area contributed by atoms with Gasteiger partial charge < -0.3 is 0 Å². The van der Waals surface area contributed by atoms with Crippen molar-refractivity contribution in [1.29, 1.82) is 0 Å². The first-order valence-electron chi connectivity index (χ1n) is 9.88. The summed E-state index contributed by atoms with van der Waals surface area (Å²) in [6, 6.07) is 17.6. The molecule has 0 fully saturated rings. The quantitative estimate of drug-likeness (QED) is 0.261. The van der Waals surface area contributed by atoms with Crippen LogP contribution in [0, 0.1) is 0 Å². The van der Waals surface area contributed by atoms with E-state index in [1.807, 2.05) is 42.5 Å². The summed E-state index contributed by atoms with van der Waals surface area (Å²) in [5.74, 6) is 0.728. The highest BCUT2D eigenvalue weighted by molar-refractivity contribution is 7.99. The lowest BCUT2D eigenvalue weighted by atomic mass is 10.2. The van der Waals surface area contributed by atoms with Gasteiger partial charge in [-0.05, 0) is 54.7 Å². The van der Waals surface area contributed by atoms with Crippen LogP contribution in [0.3, 0.4) is 0 Å². The van der Waals surface area contributed by atoms with Gasteiger partial charge in [0.25, 0.3) is 5.56 Å². The van der Waals surface area contributed by atoms with Gasteiger partial charge in [-0.25, -0.2) is 4.98 Å². The van der Waals surface area contributed by atoms with Crippen LogP contribution in [0.25, 0.3) is 22.0 Å². The molecule has 6 heteroatoms. The Labute approximate surface area is 188 Å². The van der Waals surface area contributed by atoms with Gasteiger partial charge in [-0.1, -0.05) is 65.8 Å². The van der Waals surface area contributed by atoms with Gasteiger partial charge in [0.05, 0.1) is 11.1 Å². The van der Waals surface area contributed by atoms with E-state index in [1.165, 1.54) is 10.4 Å². The molecule has 0 bridgehead atoms. The first-order chi connectivity index (χ1) is 14.7. The van der Waals surface area contributed by atoms with E-state index in [0.29, 0.717) is 10.2 Å². The summed E-state index contributed by atoms with van der Waals surface area (Å²) in [5, 5.41) is 2.16. The molecule has 0 aliphatic heterocycles. The Morgan fingerprint density at radius 2 is 1.90 bits per heavy atom. The van der Waals surface area contributed by atoms with Crippen molar-refractivity contribution in [2.45, 2.75) is 24.4 Å². The number of rotatable bonds is 5. The smallest absolute Gasteiger partial charge is 0.267 e. The Morgan fingerprint density at radius 3 is 2.70 bits per heavy atom. The minimum absolute atomic E-state index is 0.0243. The highest BCUT2D eigenvalue weighted by atomic mass is 35.5. The third kappa shape index (κ3) is 3.73. The molecule has 2 aromatic carbocycles. The number of thioether (sulfide) groups is 1. The molecule has 0 saturated carbocycles. The van der Waals surface area contributed by atoms with Gasteiger partial charge >= 0.3 is 0 Å². The molecule has 1 aliphatic carbocycles. The van der Waals surface area contributed by atoms with Gasteiger partial charge in [0.15, 0.2) is 5.16 Å². The van der Waals surface area contributed by atoms with Crippen molar-refractivity contribution in [3.63, 3.8) is 0 Å². The highest BCUT2D eigenvalue weighted by Gasteiger charge is 2.23. The molecule has 0 N–H and O–H groups in total. The molecular weight excluding hydrogens is 432 g/mol. The van der Waals surface area contributed by atoms with Gasteiger partial charge in [0.2, 0.25) is 0 Å². The predicted octanol–water partition coefficient (Wildman–Crippen LogP) is 6.39. The predicted molar refractivity (Wildman–Crippen MR) is 128 cm³/mol. The van der Waals surface area contributed by atoms with E-state index >= 15 is 0 Å². The van der Waals surface area contributed by atoms with Crippen molar-refractivity contribution in [1.82, 2.24) is 9.55 Å². The van der Waals surface area contributed by atoms with E-state index < -0.39 is 0 Å². The van der Waals surface area contributed by atoms with E-state index in [4.69, 9.17) is 16.6 Å². The van der Waals surface area contributed by atoms with E-state index in [-0.39, 0.29) is 5.56 Å². The van der Waals surface area contributed by atoms with Crippen LogP contribution >= 0.6 is 34.7 Å². The third-order valence-corrected chi connectivity index (χ3v) is 7.54. The van der Waals surface area contributed by atoms with Gasteiger partial charge in [0.1, 0.15) is 4.83 Å². The molecule has 0 spiro atoms. The number of hydrogen-bond donors (Lipinski definition) is 0. The molecule has 0 amide bonds. The summed E-state index contributed by atoms with van der Waals surface area (Å²) >= 11 is 9.33. The maximum Gasteiger partial charge on any atom is 0.267 e. The number of aromatic nitrogens is 2. The number of fused-ring (bicyclic) bond motifs is 3. The lowest BCUT2D eigenvalue weighted by molar-refractivity contribution is 0.821. The van der Waals surface area contributed by atoms with Crippen LogP contribution < -0.4 is 5.56 Å². The first-order valence-corrected chi connectivity index (χ1v) is 12.1. The standard InChI is InChI=1S/C24H19ClN2OS2/c25-17-11-13-18(14-12-17)27-23(28)21-19-9-4-10-20(19)30-22(21)26-24(27)29-15-5-8-16-6-2-1-3-7-16/h1-3,5-8,11-14H,4,9-10,15H2. The lowest BCUT2D eigenvalue weighted by Gasteiger charge is -2.12. The van der Waals surface area contributed by atoms with Crippen molar-refractivity contribution in [3.8, 4) is 5.69 Å². The fourth-order valence-corrected chi connectivity index (χ4v) is 6.06. The summed E-state index contributed by atoms with van der Waals surface area (Å²) in [6.45, 7) is 0. The van der Waals surface area contributed by atoms with Crippen molar-refractivity contribution < 1.29 is 0 Å². The van der Waals surface area contributed by atoms with Gasteiger partial charge in [-0.15, -0.1) is 11.3 Å². The zero-order valence-electron chi connectivity index (χ0n) is 16.2. The van der Waals surface area contributed by atoms with Crippen molar-refractivity contribution in [2.75, 3.05) is 5.75 Å². The SMILES string of the molecule is O=c1c2c3c(sc2nc(SCC=Cc2ccccc2)n1-c1ccc(Cl)cc1)CCC3. The molecule has 0 atom stereocenters. The number of hydrogen-bond acceptors (Lipinski definition) is 4. The number of nitrogens with zero attached hydrogens (tertiary/aromatic N) is 2. The summed E-state index contributed by atoms with van der Waals surface area (Å²) in [5.41, 5.74) is 3.18. The minimum atomic E-state index is 0.0243. The molecular formula is C24H19ClN2OS2. The molecule has 0 saturated heterocycles. The Kier molecular flexibility index (Phi) is 5.50. The van der Waals surface area contributed by atoms with E-state index in [9.17, 15) is 4.79 Å². The van der Waals surface area contributed by atoms with E-state index in [2.05, 4.69) is 24.3 Å². The Hall–Kier alpha value is -2.34. The third-order valence-electron chi connectivity index (χ3n) is 5.21. The Balaban J connectivity index is 1.55. The molecule has 5 rings (SSSR count). The van der Waals surface area contributed by atoms with Crippen LogP contribution in [0.5, 0.6) is 0 Å². The number of benzene rings is 2. The van der Waals surface area contributed by atoms with Crippen LogP contribution in [-0.2, 0) is 12.8 Å². The van der Waals surface area contributed by atoms with Crippen LogP contribution in [0.15, 0.2) is 70.6 Å². The van der Waals surface area contributed by atoms with Crippen LogP contribution in [0.4, 0.5) is 0 Å². The maximum absolute atomic E-state index is 13.6. The van der Waals surface area contributed by atoms with Gasteiger partial charge in [0, 0.05) is 15.7 Å². The normalized spacial score (nSPS) is 13.4. The average molecular weight is 451 g/mol. The summed E-state index contributed by atoms with van der Waals surface area (Å²) in [4.78, 5) is 20.7. The number of aryl methyl sites for hydroxylation is 2. The molecule has 0 unspecified atom stereocenters. The highest BCUT2D eigenvalue weighted by Crippen LogP contribution is 2.36. The molecule has 150 valence electrons. The van der Waals surface area contributed by atoms with Crippen LogP contribution in [0.2, 0.25) is 5.02 Å². The minimum Gasteiger partial charge on any atom is -0.268 e. The zero-order chi connectivity index (χ0) is 20.5. The Morgan fingerprint density at radius 1 is 1.10 bits per heavy atom. The molecule has 2 heterocycles. The first kappa shape index (κ1) is 19.6. The number of thiophene rings is 1. The molecule has 3 nitrogen and oxygen atoms in total. The van der Waals surface area contributed by atoms with E-state index in [0.717, 1.165) is 46.5 Å². The largest absolute Gasteiger partial charge is 0.268 e. The lowest BCUT2D eigenvalue weighted by Crippen LogP contribution is -2.21. The summed E-state index contributed by atoms with van der Waals surface area (Å²) in [7, 11) is 0. The van der Waals surface area contributed by atoms with Gasteiger partial charge in [-0.2, -0.15) is 0 Å². The monoisotopic (exact) mass is 450 g/mol. The second-order valence-corrected chi connectivity index (χ2v) is 9.68. The second kappa shape index (κ2) is 8.42. The van der Waals surface area contributed by atoms with Crippen LogP contribution in [0.1, 0.15) is 22.4 Å². The van der Waals surface area contributed by atoms with Crippen molar-refractivity contribution in [2.24, 2.45) is 0 Å². The molecule has 1 aliphatic rings. The van der Waals surface area contributed by atoms with Crippen LogP contribution in [-0.4, -0.2) is 15.3 Å².